The van der Waals surface area contributed by atoms with Gasteiger partial charge in [0.15, 0.2) is 12.0 Å². The predicted octanol–water partition coefficient (Wildman–Crippen LogP) is 2.94. The lowest BCUT2D eigenvalue weighted by Crippen LogP contribution is -1.81. The second-order valence-corrected chi connectivity index (χ2v) is 3.95. The van der Waals surface area contributed by atoms with Gasteiger partial charge in [-0.05, 0) is 18.6 Å². The van der Waals surface area contributed by atoms with E-state index in [1.807, 2.05) is 31.2 Å². The summed E-state index contributed by atoms with van der Waals surface area (Å²) in [5, 5.41) is 4.73. The molecule has 4 nitrogen and oxygen atoms in total. The van der Waals surface area contributed by atoms with E-state index in [0.29, 0.717) is 11.3 Å². The molecular weight excluding hydrogens is 216 g/mol. The third-order valence-electron chi connectivity index (χ3n) is 2.83. The number of H-pyrrole nitrogens is 1. The lowest BCUT2D eigenvalue weighted by Gasteiger charge is -1.93. The maximum atomic E-state index is 10.8. The topological polar surface area (TPSA) is 58.9 Å². The number of carbonyl (C=O) groups is 1. The summed E-state index contributed by atoms with van der Waals surface area (Å²) >= 11 is 0. The smallest absolute Gasteiger partial charge is 0.193 e. The van der Waals surface area contributed by atoms with E-state index < -0.39 is 0 Å². The molecule has 4 heteroatoms. The molecule has 0 aliphatic heterocycles. The van der Waals surface area contributed by atoms with Gasteiger partial charge in [0.05, 0.1) is 17.5 Å². The van der Waals surface area contributed by atoms with E-state index in [2.05, 4.69) is 10.1 Å². The first-order valence-corrected chi connectivity index (χ1v) is 5.28. The maximum Gasteiger partial charge on any atom is 0.193 e. The van der Waals surface area contributed by atoms with Crippen molar-refractivity contribution in [1.29, 1.82) is 0 Å². The van der Waals surface area contributed by atoms with Crippen LogP contribution in [-0.2, 0) is 0 Å². The molecule has 0 radical (unpaired) electrons. The highest BCUT2D eigenvalue weighted by Crippen LogP contribution is 2.27. The minimum atomic E-state index is 0.453. The number of hydrogen-bond acceptors (Lipinski definition) is 3. The van der Waals surface area contributed by atoms with Crippen LogP contribution in [0.2, 0.25) is 0 Å². The Morgan fingerprint density at radius 2 is 2.29 bits per heavy atom. The van der Waals surface area contributed by atoms with Gasteiger partial charge in [0.2, 0.25) is 0 Å². The van der Waals surface area contributed by atoms with Crippen LogP contribution in [0.25, 0.3) is 22.4 Å². The molecule has 1 N–H and O–H groups in total. The van der Waals surface area contributed by atoms with Crippen LogP contribution in [0.15, 0.2) is 35.0 Å². The first-order valence-electron chi connectivity index (χ1n) is 5.28. The molecule has 0 aliphatic carbocycles. The van der Waals surface area contributed by atoms with Gasteiger partial charge in [0.1, 0.15) is 0 Å². The number of benzene rings is 1. The number of aromatic amines is 1. The first kappa shape index (κ1) is 9.84. The fourth-order valence-electron chi connectivity index (χ4n) is 1.97. The van der Waals surface area contributed by atoms with Gasteiger partial charge in [-0.2, -0.15) is 0 Å². The van der Waals surface area contributed by atoms with Crippen molar-refractivity contribution in [3.63, 3.8) is 0 Å². The van der Waals surface area contributed by atoms with E-state index in [1.54, 1.807) is 0 Å². The minimum Gasteiger partial charge on any atom is -0.354 e. The molecule has 0 saturated heterocycles. The number of nitrogens with zero attached hydrogens (tertiary/aromatic N) is 1. The van der Waals surface area contributed by atoms with E-state index in [0.717, 1.165) is 28.4 Å². The zero-order valence-corrected chi connectivity index (χ0v) is 9.23. The number of fused-ring (bicyclic) bond motifs is 1. The molecule has 0 saturated carbocycles. The third-order valence-corrected chi connectivity index (χ3v) is 2.83. The summed E-state index contributed by atoms with van der Waals surface area (Å²) in [7, 11) is 0. The second kappa shape index (κ2) is 3.59. The van der Waals surface area contributed by atoms with Gasteiger partial charge in [-0.15, -0.1) is 0 Å². The number of rotatable bonds is 2. The predicted molar refractivity (Wildman–Crippen MR) is 63.9 cm³/mol. The van der Waals surface area contributed by atoms with Gasteiger partial charge in [0, 0.05) is 10.9 Å². The molecule has 17 heavy (non-hydrogen) atoms. The van der Waals surface area contributed by atoms with Crippen LogP contribution in [0.5, 0.6) is 0 Å². The molecular formula is C13H10N2O2. The standard InChI is InChI=1S/C13H10N2O2/c1-8-3-2-4-9-5-11(15-12(8)9)13-10(7-16)6-14-17-13/h2-7,15H,1H3. The van der Waals surface area contributed by atoms with Crippen LogP contribution in [-0.4, -0.2) is 16.4 Å². The quantitative estimate of drug-likeness (QED) is 0.683. The van der Waals surface area contributed by atoms with E-state index in [4.69, 9.17) is 4.52 Å². The zero-order valence-electron chi connectivity index (χ0n) is 9.23. The highest BCUT2D eigenvalue weighted by atomic mass is 16.5. The van der Waals surface area contributed by atoms with Gasteiger partial charge in [-0.3, -0.25) is 4.79 Å². The Bertz CT molecular complexity index is 694. The maximum absolute atomic E-state index is 10.8. The summed E-state index contributed by atoms with van der Waals surface area (Å²) in [5.74, 6) is 0.482. The summed E-state index contributed by atoms with van der Waals surface area (Å²) in [6.07, 6.45) is 2.16. The summed E-state index contributed by atoms with van der Waals surface area (Å²) < 4.78 is 5.10. The van der Waals surface area contributed by atoms with Crippen LogP contribution in [0.3, 0.4) is 0 Å². The van der Waals surface area contributed by atoms with Gasteiger partial charge >= 0.3 is 0 Å². The molecule has 0 aliphatic rings. The van der Waals surface area contributed by atoms with Gasteiger partial charge in [-0.25, -0.2) is 0 Å². The fraction of sp³-hybridized carbons (Fsp3) is 0.0769. The van der Waals surface area contributed by atoms with Crippen molar-refractivity contribution in [1.82, 2.24) is 10.1 Å². The Morgan fingerprint density at radius 1 is 1.41 bits per heavy atom. The van der Waals surface area contributed by atoms with Crippen LogP contribution in [0.4, 0.5) is 0 Å². The first-order chi connectivity index (χ1) is 8.29. The Hall–Kier alpha value is -2.36. The van der Waals surface area contributed by atoms with Crippen molar-refractivity contribution < 1.29 is 9.32 Å². The van der Waals surface area contributed by atoms with Crippen LogP contribution in [0.1, 0.15) is 15.9 Å². The summed E-state index contributed by atoms with van der Waals surface area (Å²) in [5.41, 5.74) is 3.43. The van der Waals surface area contributed by atoms with Crippen molar-refractivity contribution in [2.24, 2.45) is 0 Å². The van der Waals surface area contributed by atoms with Crippen molar-refractivity contribution in [2.45, 2.75) is 6.92 Å². The largest absolute Gasteiger partial charge is 0.354 e. The van der Waals surface area contributed by atoms with Crippen molar-refractivity contribution >= 4 is 17.2 Å². The number of aldehydes is 1. The molecule has 0 unspecified atom stereocenters. The normalized spacial score (nSPS) is 10.9. The summed E-state index contributed by atoms with van der Waals surface area (Å²) in [4.78, 5) is 14.1. The number of aromatic nitrogens is 2. The third kappa shape index (κ3) is 1.45. The zero-order chi connectivity index (χ0) is 11.8. The molecule has 0 spiro atoms. The van der Waals surface area contributed by atoms with Crippen molar-refractivity contribution in [3.8, 4) is 11.5 Å². The molecule has 84 valence electrons. The summed E-state index contributed by atoms with van der Waals surface area (Å²) in [6.45, 7) is 2.03. The van der Waals surface area contributed by atoms with E-state index in [1.165, 1.54) is 6.20 Å². The van der Waals surface area contributed by atoms with Crippen molar-refractivity contribution in [3.05, 3.63) is 41.6 Å². The highest BCUT2D eigenvalue weighted by molar-refractivity contribution is 5.91. The van der Waals surface area contributed by atoms with Crippen LogP contribution < -0.4 is 0 Å². The van der Waals surface area contributed by atoms with E-state index in [9.17, 15) is 4.79 Å². The number of para-hydroxylation sites is 1. The lowest BCUT2D eigenvalue weighted by molar-refractivity contribution is 0.112. The minimum absolute atomic E-state index is 0.453. The number of nitrogens with one attached hydrogen (secondary N) is 1. The molecule has 3 rings (SSSR count). The van der Waals surface area contributed by atoms with Gasteiger partial charge in [0.25, 0.3) is 0 Å². The van der Waals surface area contributed by atoms with Crippen molar-refractivity contribution in [2.75, 3.05) is 0 Å². The lowest BCUT2D eigenvalue weighted by atomic mass is 10.1. The SMILES string of the molecule is Cc1cccc2cc(-c3oncc3C=O)[nH]c12. The Balaban J connectivity index is 2.25. The summed E-state index contributed by atoms with van der Waals surface area (Å²) in [6, 6.07) is 8.00. The van der Waals surface area contributed by atoms with E-state index in [-0.39, 0.29) is 0 Å². The Labute approximate surface area is 97.2 Å². The number of aryl methyl sites for hydroxylation is 1. The van der Waals surface area contributed by atoms with Crippen LogP contribution in [0, 0.1) is 6.92 Å². The molecule has 0 atom stereocenters. The average molecular weight is 226 g/mol. The molecule has 0 amide bonds. The number of hydrogen-bond donors (Lipinski definition) is 1. The molecule has 2 aromatic heterocycles. The Kier molecular flexibility index (Phi) is 2.08. The second-order valence-electron chi connectivity index (χ2n) is 3.95. The Morgan fingerprint density at radius 3 is 3.06 bits per heavy atom. The monoisotopic (exact) mass is 226 g/mol. The molecule has 1 aromatic carbocycles. The van der Waals surface area contributed by atoms with Gasteiger partial charge < -0.3 is 9.51 Å². The highest BCUT2D eigenvalue weighted by Gasteiger charge is 2.13. The molecule has 2 heterocycles. The fourth-order valence-corrected chi connectivity index (χ4v) is 1.97. The average Bonchev–Trinajstić information content (AvgIpc) is 2.94. The number of carbonyl (C=O) groups excluding carboxylic acids is 1. The molecule has 0 bridgehead atoms. The van der Waals surface area contributed by atoms with Gasteiger partial charge in [-0.1, -0.05) is 23.4 Å². The van der Waals surface area contributed by atoms with Crippen LogP contribution >= 0.6 is 0 Å². The molecule has 3 aromatic rings. The van der Waals surface area contributed by atoms with E-state index >= 15 is 0 Å². The molecule has 0 fully saturated rings.